The molecule has 0 unspecified atom stereocenters. The van der Waals surface area contributed by atoms with E-state index in [2.05, 4.69) is 21.6 Å². The van der Waals surface area contributed by atoms with Gasteiger partial charge < -0.3 is 15.9 Å². The van der Waals surface area contributed by atoms with Gasteiger partial charge in [-0.15, -0.1) is 22.0 Å². The first-order valence-electron chi connectivity index (χ1n) is 9.07. The highest BCUT2D eigenvalue weighted by molar-refractivity contribution is 8.00. The fraction of sp³-hybridized carbons (Fsp3) is 0.200. The van der Waals surface area contributed by atoms with Crippen molar-refractivity contribution < 1.29 is 9.53 Å². The summed E-state index contributed by atoms with van der Waals surface area (Å²) in [4.78, 5) is 13.2. The third kappa shape index (κ3) is 5.46. The number of nitrogen functional groups attached to an aromatic ring is 1. The number of hydrogen-bond donors (Lipinski definition) is 2. The van der Waals surface area contributed by atoms with Crippen molar-refractivity contribution in [3.05, 3.63) is 48.5 Å². The number of amides is 1. The van der Waals surface area contributed by atoms with Crippen molar-refractivity contribution >= 4 is 35.1 Å². The Hall–Kier alpha value is -3.16. The summed E-state index contributed by atoms with van der Waals surface area (Å²) in [7, 11) is 0. The van der Waals surface area contributed by atoms with Crippen LogP contribution in [0.1, 0.15) is 6.92 Å². The predicted octanol–water partition coefficient (Wildman–Crippen LogP) is 3.40. The molecule has 0 radical (unpaired) electrons. The Morgan fingerprint density at radius 1 is 1.20 bits per heavy atom. The van der Waals surface area contributed by atoms with Gasteiger partial charge in [-0.2, -0.15) is 5.26 Å². The summed E-state index contributed by atoms with van der Waals surface area (Å²) in [5.74, 6) is 7.62. The molecule has 30 heavy (non-hydrogen) atoms. The van der Waals surface area contributed by atoms with Crippen molar-refractivity contribution in [3.8, 4) is 23.2 Å². The lowest BCUT2D eigenvalue weighted by atomic mass is 10.2. The van der Waals surface area contributed by atoms with E-state index in [0.717, 1.165) is 16.2 Å². The molecule has 154 valence electrons. The lowest BCUT2D eigenvalue weighted by molar-refractivity contribution is -0.113. The average Bonchev–Trinajstić information content (AvgIpc) is 3.13. The Labute approximate surface area is 182 Å². The number of carbonyl (C=O) groups excluding carboxylic acids is 1. The number of nitriles is 1. The van der Waals surface area contributed by atoms with Crippen LogP contribution in [0.15, 0.2) is 58.6 Å². The zero-order valence-electron chi connectivity index (χ0n) is 16.2. The van der Waals surface area contributed by atoms with Crippen LogP contribution in [-0.2, 0) is 4.79 Å². The van der Waals surface area contributed by atoms with E-state index in [1.54, 1.807) is 6.07 Å². The molecule has 1 aromatic heterocycles. The zero-order valence-corrected chi connectivity index (χ0v) is 17.9. The van der Waals surface area contributed by atoms with Gasteiger partial charge in [-0.05, 0) is 43.3 Å². The first kappa shape index (κ1) is 21.5. The fourth-order valence-corrected chi connectivity index (χ4v) is 3.89. The van der Waals surface area contributed by atoms with Gasteiger partial charge in [0.2, 0.25) is 11.1 Å². The molecule has 0 aliphatic heterocycles. The highest BCUT2D eigenvalue weighted by atomic mass is 32.2. The summed E-state index contributed by atoms with van der Waals surface area (Å²) in [6.45, 7) is 2.52. The molecular formula is C20H20N6O2S2. The Morgan fingerprint density at radius 3 is 2.70 bits per heavy atom. The molecule has 0 spiro atoms. The molecular weight excluding hydrogens is 420 g/mol. The van der Waals surface area contributed by atoms with Crippen molar-refractivity contribution in [2.24, 2.45) is 0 Å². The molecule has 0 aliphatic carbocycles. The monoisotopic (exact) mass is 440 g/mol. The van der Waals surface area contributed by atoms with E-state index in [0.29, 0.717) is 29.0 Å². The first-order chi connectivity index (χ1) is 14.6. The van der Waals surface area contributed by atoms with E-state index in [-0.39, 0.29) is 11.7 Å². The quantitative estimate of drug-likeness (QED) is 0.384. The van der Waals surface area contributed by atoms with Gasteiger partial charge >= 0.3 is 0 Å². The maximum atomic E-state index is 12.4. The van der Waals surface area contributed by atoms with Crippen molar-refractivity contribution in [2.45, 2.75) is 17.0 Å². The van der Waals surface area contributed by atoms with Gasteiger partial charge in [0.1, 0.15) is 5.75 Å². The van der Waals surface area contributed by atoms with Crippen LogP contribution >= 0.6 is 23.5 Å². The lowest BCUT2D eigenvalue weighted by Crippen LogP contribution is -2.16. The number of para-hydroxylation sites is 1. The minimum Gasteiger partial charge on any atom is -0.494 e. The number of nitrogens with one attached hydrogen (secondary N) is 1. The molecule has 0 bridgehead atoms. The van der Waals surface area contributed by atoms with Crippen LogP contribution in [0, 0.1) is 11.3 Å². The minimum absolute atomic E-state index is 0.121. The highest BCUT2D eigenvalue weighted by Crippen LogP contribution is 2.27. The number of nitrogens with zero attached hydrogens (tertiary/aromatic N) is 4. The highest BCUT2D eigenvalue weighted by Gasteiger charge is 2.15. The molecule has 0 saturated heterocycles. The summed E-state index contributed by atoms with van der Waals surface area (Å²) < 4.78 is 6.80. The number of nitrogens with two attached hydrogens (primary N) is 1. The second kappa shape index (κ2) is 10.6. The van der Waals surface area contributed by atoms with E-state index in [1.807, 2.05) is 49.4 Å². The number of carbonyl (C=O) groups is 1. The van der Waals surface area contributed by atoms with E-state index in [9.17, 15) is 4.79 Å². The second-order valence-electron chi connectivity index (χ2n) is 5.91. The van der Waals surface area contributed by atoms with Crippen LogP contribution in [0.25, 0.3) is 11.4 Å². The molecule has 0 saturated carbocycles. The number of benzene rings is 2. The Morgan fingerprint density at radius 2 is 1.97 bits per heavy atom. The number of rotatable bonds is 9. The van der Waals surface area contributed by atoms with Gasteiger partial charge in [-0.25, -0.2) is 4.68 Å². The Kier molecular flexibility index (Phi) is 7.59. The second-order valence-corrected chi connectivity index (χ2v) is 7.87. The van der Waals surface area contributed by atoms with E-state index < -0.39 is 0 Å². The number of ether oxygens (including phenoxy) is 1. The first-order valence-corrected chi connectivity index (χ1v) is 11.0. The van der Waals surface area contributed by atoms with Crippen LogP contribution in [0.4, 0.5) is 5.69 Å². The lowest BCUT2D eigenvalue weighted by Gasteiger charge is -2.09. The summed E-state index contributed by atoms with van der Waals surface area (Å²) in [6.07, 6.45) is 0. The Bertz CT molecular complexity index is 1050. The molecule has 1 amide bonds. The number of anilines is 1. The van der Waals surface area contributed by atoms with Crippen LogP contribution in [-0.4, -0.2) is 38.9 Å². The minimum atomic E-state index is -0.198. The number of thioether (sulfide) groups is 2. The summed E-state index contributed by atoms with van der Waals surface area (Å²) in [5, 5.41) is 20.3. The SMILES string of the molecule is CCOc1ccc(-c2nnc(SCC(=O)Nc3ccccc3SCC#N)n2N)cc1. The molecule has 0 fully saturated rings. The van der Waals surface area contributed by atoms with Crippen LogP contribution in [0.3, 0.4) is 0 Å². The van der Waals surface area contributed by atoms with Gasteiger partial charge in [-0.3, -0.25) is 4.79 Å². The number of hydrogen-bond acceptors (Lipinski definition) is 8. The third-order valence-corrected chi connectivity index (χ3v) is 5.76. The number of aromatic nitrogens is 3. The predicted molar refractivity (Wildman–Crippen MR) is 119 cm³/mol. The smallest absolute Gasteiger partial charge is 0.234 e. The van der Waals surface area contributed by atoms with Gasteiger partial charge in [-0.1, -0.05) is 23.9 Å². The van der Waals surface area contributed by atoms with Crippen molar-refractivity contribution in [1.29, 1.82) is 5.26 Å². The molecule has 8 nitrogen and oxygen atoms in total. The van der Waals surface area contributed by atoms with Crippen molar-refractivity contribution in [1.82, 2.24) is 14.9 Å². The van der Waals surface area contributed by atoms with E-state index >= 15 is 0 Å². The van der Waals surface area contributed by atoms with E-state index in [4.69, 9.17) is 15.8 Å². The molecule has 3 rings (SSSR count). The molecule has 2 aromatic carbocycles. The normalized spacial score (nSPS) is 10.4. The molecule has 10 heteroatoms. The average molecular weight is 441 g/mol. The van der Waals surface area contributed by atoms with Crippen molar-refractivity contribution in [3.63, 3.8) is 0 Å². The summed E-state index contributed by atoms with van der Waals surface area (Å²) >= 11 is 2.57. The third-order valence-electron chi connectivity index (χ3n) is 3.87. The van der Waals surface area contributed by atoms with Crippen molar-refractivity contribution in [2.75, 3.05) is 29.3 Å². The van der Waals surface area contributed by atoms with Gasteiger partial charge in [0, 0.05) is 10.5 Å². The van der Waals surface area contributed by atoms with Crippen LogP contribution in [0.2, 0.25) is 0 Å². The summed E-state index contributed by atoms with van der Waals surface area (Å²) in [5.41, 5.74) is 1.47. The molecule has 3 aromatic rings. The standard InChI is InChI=1S/C20H20N6O2S2/c1-2-28-15-9-7-14(8-10-15)19-24-25-20(26(19)22)30-13-18(27)23-16-5-3-4-6-17(16)29-12-11-21/h3-10H,2,12-13,22H2,1H3,(H,23,27). The topological polar surface area (TPSA) is 119 Å². The molecule has 1 heterocycles. The summed E-state index contributed by atoms with van der Waals surface area (Å²) in [6, 6.07) is 16.8. The van der Waals surface area contributed by atoms with Crippen LogP contribution in [0.5, 0.6) is 5.75 Å². The molecule has 0 aliphatic rings. The van der Waals surface area contributed by atoms with Gasteiger partial charge in [0.25, 0.3) is 0 Å². The van der Waals surface area contributed by atoms with Gasteiger partial charge in [0.15, 0.2) is 5.82 Å². The maximum Gasteiger partial charge on any atom is 0.234 e. The van der Waals surface area contributed by atoms with Crippen LogP contribution < -0.4 is 15.9 Å². The zero-order chi connectivity index (χ0) is 21.3. The fourth-order valence-electron chi connectivity index (χ4n) is 2.56. The van der Waals surface area contributed by atoms with Gasteiger partial charge in [0.05, 0.1) is 29.9 Å². The molecule has 3 N–H and O–H groups in total. The largest absolute Gasteiger partial charge is 0.494 e. The maximum absolute atomic E-state index is 12.4. The molecule has 0 atom stereocenters. The Balaban J connectivity index is 1.62. The van der Waals surface area contributed by atoms with E-state index in [1.165, 1.54) is 28.2 Å².